The third kappa shape index (κ3) is 5.24. The third-order valence-corrected chi connectivity index (χ3v) is 3.81. The third-order valence-electron chi connectivity index (χ3n) is 3.55. The Kier molecular flexibility index (Phi) is 5.71. The molecule has 0 spiro atoms. The van der Waals surface area contributed by atoms with Crippen molar-refractivity contribution in [2.75, 3.05) is 6.54 Å². The zero-order valence-corrected chi connectivity index (χ0v) is 12.6. The molecule has 1 saturated carbocycles. The number of hydrogen-bond donors (Lipinski definition) is 2. The van der Waals surface area contributed by atoms with Gasteiger partial charge in [0, 0.05) is 12.6 Å². The Hall–Kier alpha value is -0.310. The maximum absolute atomic E-state index is 5.31. The first kappa shape index (κ1) is 14.7. The fourth-order valence-electron chi connectivity index (χ4n) is 3.03. The van der Waals surface area contributed by atoms with Crippen molar-refractivity contribution >= 4 is 17.3 Å². The summed E-state index contributed by atoms with van der Waals surface area (Å²) in [6.45, 7) is 9.93. The topological polar surface area (TPSA) is 24.1 Å². The van der Waals surface area contributed by atoms with E-state index < -0.39 is 0 Å². The van der Waals surface area contributed by atoms with Crippen molar-refractivity contribution in [3.05, 3.63) is 0 Å². The van der Waals surface area contributed by atoms with Gasteiger partial charge in [0.15, 0.2) is 5.11 Å². The first-order chi connectivity index (χ1) is 7.93. The Morgan fingerprint density at radius 2 is 1.76 bits per heavy atom. The zero-order chi connectivity index (χ0) is 12.9. The molecule has 0 bridgehead atoms. The molecule has 0 aromatic heterocycles. The van der Waals surface area contributed by atoms with Gasteiger partial charge in [-0.1, -0.05) is 26.7 Å². The minimum absolute atomic E-state index is 0.416. The van der Waals surface area contributed by atoms with Crippen molar-refractivity contribution in [3.63, 3.8) is 0 Å². The zero-order valence-electron chi connectivity index (χ0n) is 11.8. The van der Waals surface area contributed by atoms with Gasteiger partial charge in [-0.25, -0.2) is 0 Å². The standard InChI is InChI=1S/C14H28N2S/c1-11(2)9-14(7-5-6-8-14)10-15-13(17)16-12(3)4/h11-12H,5-10H2,1-4H3,(H2,15,16,17). The van der Waals surface area contributed by atoms with Gasteiger partial charge in [-0.05, 0) is 56.7 Å². The van der Waals surface area contributed by atoms with Crippen molar-refractivity contribution in [2.24, 2.45) is 11.3 Å². The van der Waals surface area contributed by atoms with E-state index in [4.69, 9.17) is 12.2 Å². The number of thiocarbonyl (C=S) groups is 1. The van der Waals surface area contributed by atoms with E-state index in [0.717, 1.165) is 17.6 Å². The molecule has 0 atom stereocenters. The smallest absolute Gasteiger partial charge is 0.166 e. The minimum Gasteiger partial charge on any atom is -0.362 e. The highest BCUT2D eigenvalue weighted by atomic mass is 32.1. The highest BCUT2D eigenvalue weighted by molar-refractivity contribution is 7.80. The summed E-state index contributed by atoms with van der Waals surface area (Å²) in [6, 6.07) is 0.416. The molecule has 2 nitrogen and oxygen atoms in total. The summed E-state index contributed by atoms with van der Waals surface area (Å²) in [5.74, 6) is 0.779. The van der Waals surface area contributed by atoms with Crippen LogP contribution < -0.4 is 10.6 Å². The molecule has 100 valence electrons. The molecule has 1 fully saturated rings. The maximum Gasteiger partial charge on any atom is 0.166 e. The summed E-state index contributed by atoms with van der Waals surface area (Å²) >= 11 is 5.31. The van der Waals surface area contributed by atoms with Gasteiger partial charge in [-0.3, -0.25) is 0 Å². The Balaban J connectivity index is 2.42. The fourth-order valence-corrected chi connectivity index (χ4v) is 3.33. The molecule has 0 amide bonds. The second-order valence-electron chi connectivity index (χ2n) is 6.29. The molecule has 0 radical (unpaired) electrons. The molecule has 0 aromatic rings. The van der Waals surface area contributed by atoms with Crippen LogP contribution in [0.3, 0.4) is 0 Å². The van der Waals surface area contributed by atoms with Gasteiger partial charge in [0.25, 0.3) is 0 Å². The molecule has 0 unspecified atom stereocenters. The van der Waals surface area contributed by atoms with E-state index in [2.05, 4.69) is 38.3 Å². The maximum atomic E-state index is 5.31. The molecule has 0 aromatic carbocycles. The molecule has 0 aliphatic heterocycles. The number of rotatable bonds is 5. The molecule has 17 heavy (non-hydrogen) atoms. The molecular weight excluding hydrogens is 228 g/mol. The van der Waals surface area contributed by atoms with Crippen LogP contribution in [0.4, 0.5) is 0 Å². The van der Waals surface area contributed by atoms with Gasteiger partial charge in [0.05, 0.1) is 0 Å². The van der Waals surface area contributed by atoms with Crippen LogP contribution in [0.15, 0.2) is 0 Å². The van der Waals surface area contributed by atoms with E-state index in [0.29, 0.717) is 11.5 Å². The van der Waals surface area contributed by atoms with Crippen molar-refractivity contribution < 1.29 is 0 Å². The molecule has 1 aliphatic rings. The van der Waals surface area contributed by atoms with Crippen LogP contribution in [0, 0.1) is 11.3 Å². The van der Waals surface area contributed by atoms with Gasteiger partial charge in [-0.15, -0.1) is 0 Å². The predicted molar refractivity (Wildman–Crippen MR) is 79.2 cm³/mol. The first-order valence-electron chi connectivity index (χ1n) is 6.98. The van der Waals surface area contributed by atoms with E-state index >= 15 is 0 Å². The highest BCUT2D eigenvalue weighted by Crippen LogP contribution is 2.42. The van der Waals surface area contributed by atoms with Gasteiger partial charge in [0.2, 0.25) is 0 Å². The van der Waals surface area contributed by atoms with Crippen LogP contribution in [0.1, 0.15) is 59.8 Å². The lowest BCUT2D eigenvalue weighted by atomic mass is 9.78. The minimum atomic E-state index is 0.416. The van der Waals surface area contributed by atoms with Crippen molar-refractivity contribution in [1.82, 2.24) is 10.6 Å². The first-order valence-corrected chi connectivity index (χ1v) is 7.39. The van der Waals surface area contributed by atoms with Crippen LogP contribution in [0.25, 0.3) is 0 Å². The Labute approximate surface area is 112 Å². The average Bonchev–Trinajstić information content (AvgIpc) is 2.62. The van der Waals surface area contributed by atoms with Crippen LogP contribution in [-0.2, 0) is 0 Å². The van der Waals surface area contributed by atoms with Crippen molar-refractivity contribution in [2.45, 2.75) is 65.8 Å². The Morgan fingerprint density at radius 3 is 2.24 bits per heavy atom. The fraction of sp³-hybridized carbons (Fsp3) is 0.929. The highest BCUT2D eigenvalue weighted by Gasteiger charge is 2.34. The second kappa shape index (κ2) is 6.58. The van der Waals surface area contributed by atoms with Gasteiger partial charge in [0.1, 0.15) is 0 Å². The Bertz CT molecular complexity index is 243. The van der Waals surface area contributed by atoms with Gasteiger partial charge in [-0.2, -0.15) is 0 Å². The number of nitrogens with one attached hydrogen (secondary N) is 2. The van der Waals surface area contributed by atoms with Crippen molar-refractivity contribution in [3.8, 4) is 0 Å². The molecule has 0 saturated heterocycles. The van der Waals surface area contributed by atoms with Gasteiger partial charge >= 0.3 is 0 Å². The van der Waals surface area contributed by atoms with E-state index in [9.17, 15) is 0 Å². The summed E-state index contributed by atoms with van der Waals surface area (Å²) in [7, 11) is 0. The van der Waals surface area contributed by atoms with E-state index in [1.807, 2.05) is 0 Å². The largest absolute Gasteiger partial charge is 0.362 e. The summed E-state index contributed by atoms with van der Waals surface area (Å²) in [5, 5.41) is 7.49. The van der Waals surface area contributed by atoms with Gasteiger partial charge < -0.3 is 10.6 Å². The summed E-state index contributed by atoms with van der Waals surface area (Å²) in [5.41, 5.74) is 0.497. The average molecular weight is 256 g/mol. The van der Waals surface area contributed by atoms with E-state index in [-0.39, 0.29) is 0 Å². The monoisotopic (exact) mass is 256 g/mol. The quantitative estimate of drug-likeness (QED) is 0.737. The molecule has 1 aliphatic carbocycles. The van der Waals surface area contributed by atoms with Crippen molar-refractivity contribution in [1.29, 1.82) is 0 Å². The normalized spacial score (nSPS) is 18.7. The predicted octanol–water partition coefficient (Wildman–Crippen LogP) is 3.47. The summed E-state index contributed by atoms with van der Waals surface area (Å²) in [4.78, 5) is 0. The second-order valence-corrected chi connectivity index (χ2v) is 6.70. The molecular formula is C14H28N2S. The molecule has 2 N–H and O–H groups in total. The van der Waals surface area contributed by atoms with Crippen LogP contribution in [0.2, 0.25) is 0 Å². The summed E-state index contributed by atoms with van der Waals surface area (Å²) in [6.07, 6.45) is 6.83. The Morgan fingerprint density at radius 1 is 1.18 bits per heavy atom. The lowest BCUT2D eigenvalue weighted by molar-refractivity contribution is 0.235. The molecule has 3 heteroatoms. The van der Waals surface area contributed by atoms with Crippen LogP contribution in [-0.4, -0.2) is 17.7 Å². The summed E-state index contributed by atoms with van der Waals surface area (Å²) < 4.78 is 0. The van der Waals surface area contributed by atoms with E-state index in [1.165, 1.54) is 32.1 Å². The van der Waals surface area contributed by atoms with E-state index in [1.54, 1.807) is 0 Å². The molecule has 0 heterocycles. The number of hydrogen-bond acceptors (Lipinski definition) is 1. The lowest BCUT2D eigenvalue weighted by Gasteiger charge is -2.32. The molecule has 1 rings (SSSR count). The lowest BCUT2D eigenvalue weighted by Crippen LogP contribution is -2.44. The SMILES string of the molecule is CC(C)CC1(CNC(=S)NC(C)C)CCCC1. The van der Waals surface area contributed by atoms with Crippen LogP contribution in [0.5, 0.6) is 0 Å². The van der Waals surface area contributed by atoms with Crippen LogP contribution >= 0.6 is 12.2 Å².